The number of nitrogens with one attached hydrogen (secondary N) is 2. The van der Waals surface area contributed by atoms with Gasteiger partial charge in [-0.15, -0.1) is 0 Å². The summed E-state index contributed by atoms with van der Waals surface area (Å²) in [4.78, 5) is 0. The van der Waals surface area contributed by atoms with Crippen molar-refractivity contribution in [2.45, 2.75) is 39.5 Å². The van der Waals surface area contributed by atoms with Gasteiger partial charge in [0.15, 0.2) is 5.84 Å². The molecule has 0 spiro atoms. The Kier molecular flexibility index (Phi) is 5.27. The Balaban J connectivity index is 3.28. The van der Waals surface area contributed by atoms with E-state index >= 15 is 0 Å². The fourth-order valence-corrected chi connectivity index (χ4v) is 1.94. The van der Waals surface area contributed by atoms with Crippen LogP contribution in [0.1, 0.15) is 50.7 Å². The summed E-state index contributed by atoms with van der Waals surface area (Å²) >= 11 is 0. The first-order valence-corrected chi connectivity index (χ1v) is 6.59. The zero-order valence-corrected chi connectivity index (χ0v) is 12.4. The Morgan fingerprint density at radius 1 is 1.25 bits per heavy atom. The van der Waals surface area contributed by atoms with Gasteiger partial charge in [0.2, 0.25) is 5.71 Å². The van der Waals surface area contributed by atoms with Gasteiger partial charge in [0, 0.05) is 0 Å². The first-order valence-electron chi connectivity index (χ1n) is 6.59. The zero-order chi connectivity index (χ0) is 15.3. The number of para-hydroxylation sites is 1. The average Bonchev–Trinajstić information content (AvgIpc) is 2.38. The van der Waals surface area contributed by atoms with E-state index in [9.17, 15) is 0 Å². The van der Waals surface area contributed by atoms with Gasteiger partial charge in [0.05, 0.1) is 5.69 Å². The van der Waals surface area contributed by atoms with E-state index in [0.717, 1.165) is 16.8 Å². The molecule has 0 atom stereocenters. The number of anilines is 1. The van der Waals surface area contributed by atoms with Crippen LogP contribution in [0.4, 0.5) is 5.69 Å². The van der Waals surface area contributed by atoms with Crippen molar-refractivity contribution in [1.82, 2.24) is 0 Å². The molecule has 0 amide bonds. The number of amidine groups is 1. The van der Waals surface area contributed by atoms with E-state index < -0.39 is 0 Å². The molecule has 1 aromatic rings. The smallest absolute Gasteiger partial charge is 0.201 e. The molecule has 0 saturated carbocycles. The molecule has 0 aliphatic rings. The second kappa shape index (κ2) is 6.71. The maximum absolute atomic E-state index is 8.89. The van der Waals surface area contributed by atoms with E-state index in [1.54, 1.807) is 0 Å². The van der Waals surface area contributed by atoms with Gasteiger partial charge in [-0.1, -0.05) is 45.9 Å². The maximum atomic E-state index is 8.89. The lowest BCUT2D eigenvalue weighted by Gasteiger charge is -2.18. The Morgan fingerprint density at radius 2 is 1.75 bits per heavy atom. The van der Waals surface area contributed by atoms with Crippen molar-refractivity contribution in [2.24, 2.45) is 10.8 Å². The topological polar surface area (TPSA) is 98.0 Å². The minimum Gasteiger partial charge on any atom is -0.382 e. The predicted octanol–water partition coefficient (Wildman–Crippen LogP) is 3.16. The third-order valence-electron chi connectivity index (χ3n) is 3.01. The largest absolute Gasteiger partial charge is 0.382 e. The number of benzene rings is 1. The molecule has 1 aromatic carbocycles. The van der Waals surface area contributed by atoms with Crippen LogP contribution in [-0.4, -0.2) is 11.5 Å². The van der Waals surface area contributed by atoms with Crippen LogP contribution >= 0.6 is 0 Å². The molecular formula is C15H21N5. The minimum atomic E-state index is -0.340. The second-order valence-corrected chi connectivity index (χ2v) is 5.22. The number of hydrogen-bond donors (Lipinski definition) is 3. The van der Waals surface area contributed by atoms with E-state index in [-0.39, 0.29) is 11.5 Å². The van der Waals surface area contributed by atoms with Crippen LogP contribution in [0.3, 0.4) is 0 Å². The number of nitriles is 1. The first kappa shape index (κ1) is 15.7. The Labute approximate surface area is 120 Å². The van der Waals surface area contributed by atoms with Gasteiger partial charge in [0.25, 0.3) is 0 Å². The highest BCUT2D eigenvalue weighted by atomic mass is 15.3. The molecule has 0 saturated heterocycles. The highest BCUT2D eigenvalue weighted by molar-refractivity contribution is 6.45. The number of nitrogens with zero attached hydrogens (tertiary/aromatic N) is 2. The lowest BCUT2D eigenvalue weighted by atomic mass is 9.93. The molecule has 0 bridgehead atoms. The quantitative estimate of drug-likeness (QED) is 0.436. The predicted molar refractivity (Wildman–Crippen MR) is 83.2 cm³/mol. The molecular weight excluding hydrogens is 250 g/mol. The van der Waals surface area contributed by atoms with Crippen molar-refractivity contribution in [3.8, 4) is 6.07 Å². The lowest BCUT2D eigenvalue weighted by Crippen LogP contribution is -2.22. The van der Waals surface area contributed by atoms with Crippen molar-refractivity contribution in [3.63, 3.8) is 0 Å². The van der Waals surface area contributed by atoms with Gasteiger partial charge in [-0.25, -0.2) is 0 Å². The summed E-state index contributed by atoms with van der Waals surface area (Å²) in [5.74, 6) is 0.316. The summed E-state index contributed by atoms with van der Waals surface area (Å²) < 4.78 is 0. The molecule has 1 rings (SSSR count). The fraction of sp³-hybridized carbons (Fsp3) is 0.400. The van der Waals surface area contributed by atoms with Crippen LogP contribution in [0.15, 0.2) is 23.3 Å². The maximum Gasteiger partial charge on any atom is 0.201 e. The first-order chi connectivity index (χ1) is 9.38. The van der Waals surface area contributed by atoms with E-state index in [0.29, 0.717) is 11.8 Å². The van der Waals surface area contributed by atoms with Crippen molar-refractivity contribution in [3.05, 3.63) is 29.3 Å². The molecule has 0 aromatic heterocycles. The Morgan fingerprint density at radius 3 is 2.10 bits per heavy atom. The van der Waals surface area contributed by atoms with Gasteiger partial charge in [-0.05, 0) is 23.0 Å². The summed E-state index contributed by atoms with van der Waals surface area (Å²) in [7, 11) is 0. The van der Waals surface area contributed by atoms with Gasteiger partial charge in [0.1, 0.15) is 6.07 Å². The molecule has 106 valence electrons. The summed E-state index contributed by atoms with van der Waals surface area (Å²) in [5, 5.41) is 20.1. The third kappa shape index (κ3) is 3.58. The molecule has 0 radical (unpaired) electrons. The van der Waals surface area contributed by atoms with Crippen molar-refractivity contribution >= 4 is 17.2 Å². The molecule has 0 fully saturated rings. The van der Waals surface area contributed by atoms with Gasteiger partial charge in [-0.3, -0.25) is 10.8 Å². The van der Waals surface area contributed by atoms with Crippen molar-refractivity contribution in [2.75, 3.05) is 5.43 Å². The van der Waals surface area contributed by atoms with Crippen molar-refractivity contribution in [1.29, 1.82) is 10.7 Å². The fourth-order valence-electron chi connectivity index (χ4n) is 1.94. The molecule has 0 heterocycles. The van der Waals surface area contributed by atoms with E-state index in [4.69, 9.17) is 16.4 Å². The number of hydrogen-bond acceptors (Lipinski definition) is 4. The summed E-state index contributed by atoms with van der Waals surface area (Å²) in [6.45, 7) is 8.41. The highest BCUT2D eigenvalue weighted by Gasteiger charge is 2.13. The van der Waals surface area contributed by atoms with Gasteiger partial charge >= 0.3 is 0 Å². The minimum absolute atomic E-state index is 0.113. The van der Waals surface area contributed by atoms with Gasteiger partial charge in [-0.2, -0.15) is 10.4 Å². The molecule has 5 nitrogen and oxygen atoms in total. The molecule has 20 heavy (non-hydrogen) atoms. The van der Waals surface area contributed by atoms with Crippen LogP contribution in [0.25, 0.3) is 0 Å². The Bertz CT molecular complexity index is 538. The molecule has 0 aliphatic carbocycles. The monoisotopic (exact) mass is 271 g/mol. The van der Waals surface area contributed by atoms with Crippen molar-refractivity contribution < 1.29 is 0 Å². The summed E-state index contributed by atoms with van der Waals surface area (Å²) in [5.41, 5.74) is 11.3. The normalized spacial score (nSPS) is 11.6. The zero-order valence-electron chi connectivity index (χ0n) is 12.4. The summed E-state index contributed by atoms with van der Waals surface area (Å²) in [6, 6.07) is 7.90. The van der Waals surface area contributed by atoms with Gasteiger partial charge < -0.3 is 5.73 Å². The van der Waals surface area contributed by atoms with E-state index in [2.05, 4.69) is 38.2 Å². The molecule has 5 heteroatoms. The number of hydrazone groups is 1. The SMILES string of the molecule is CC(C)c1cccc(C(C)C)c1N/N=C(\C#N)C(=N)N. The molecule has 0 aliphatic heterocycles. The average molecular weight is 271 g/mol. The number of nitrogens with two attached hydrogens (primary N) is 1. The Hall–Kier alpha value is -2.35. The second-order valence-electron chi connectivity index (χ2n) is 5.22. The van der Waals surface area contributed by atoms with Crippen LogP contribution in [0.2, 0.25) is 0 Å². The third-order valence-corrected chi connectivity index (χ3v) is 3.01. The molecule has 4 N–H and O–H groups in total. The lowest BCUT2D eigenvalue weighted by molar-refractivity contribution is 0.835. The van der Waals surface area contributed by atoms with Crippen LogP contribution < -0.4 is 11.2 Å². The molecule has 0 unspecified atom stereocenters. The standard InChI is InChI=1S/C15H21N5/c1-9(2)11-6-5-7-12(10(3)4)14(11)20-19-13(8-16)15(17)18/h5-7,9-10,20H,1-4H3,(H3,17,18)/b19-13+. The van der Waals surface area contributed by atoms with E-state index in [1.165, 1.54) is 0 Å². The number of rotatable bonds is 5. The van der Waals surface area contributed by atoms with Crippen LogP contribution in [0, 0.1) is 16.7 Å². The highest BCUT2D eigenvalue weighted by Crippen LogP contribution is 2.32. The van der Waals surface area contributed by atoms with Crippen LogP contribution in [-0.2, 0) is 0 Å². The summed E-state index contributed by atoms with van der Waals surface area (Å²) in [6.07, 6.45) is 0. The van der Waals surface area contributed by atoms with E-state index in [1.807, 2.05) is 24.3 Å². The van der Waals surface area contributed by atoms with Crippen LogP contribution in [0.5, 0.6) is 0 Å².